The molecule has 0 aliphatic carbocycles. The third-order valence-corrected chi connectivity index (χ3v) is 6.23. The van der Waals surface area contributed by atoms with Crippen LogP contribution in [0.3, 0.4) is 0 Å². The first-order valence-corrected chi connectivity index (χ1v) is 10.9. The number of carboxylic acid groups (broad SMARTS) is 1. The van der Waals surface area contributed by atoms with Crippen molar-refractivity contribution in [2.24, 2.45) is 7.05 Å². The molecule has 172 valence electrons. The Bertz CT molecular complexity index is 1210. The summed E-state index contributed by atoms with van der Waals surface area (Å²) >= 11 is 0. The van der Waals surface area contributed by atoms with E-state index in [0.29, 0.717) is 36.6 Å². The number of hydrogen-bond acceptors (Lipinski definition) is 4. The lowest BCUT2D eigenvalue weighted by Crippen LogP contribution is -2.30. The number of ether oxygens (including phenoxy) is 1. The molecule has 5 rings (SSSR count). The summed E-state index contributed by atoms with van der Waals surface area (Å²) in [5.74, 6) is 0.653. The molecule has 3 aromatic rings. The summed E-state index contributed by atoms with van der Waals surface area (Å²) in [6.45, 7) is 1.49. The summed E-state index contributed by atoms with van der Waals surface area (Å²) in [6, 6.07) is 9.10. The van der Waals surface area contributed by atoms with Crippen LogP contribution >= 0.6 is 0 Å². The van der Waals surface area contributed by atoms with E-state index >= 15 is 0 Å². The molecule has 0 radical (unpaired) electrons. The number of nitrogens with zero attached hydrogens (tertiary/aromatic N) is 4. The van der Waals surface area contributed by atoms with Crippen LogP contribution in [0.1, 0.15) is 29.5 Å². The highest BCUT2D eigenvalue weighted by molar-refractivity contribution is 5.77. The molecule has 0 atom stereocenters. The van der Waals surface area contributed by atoms with Gasteiger partial charge in [0, 0.05) is 47.9 Å². The lowest BCUT2D eigenvalue weighted by Gasteiger charge is -2.33. The van der Waals surface area contributed by atoms with Gasteiger partial charge in [-0.25, -0.2) is 13.6 Å². The van der Waals surface area contributed by atoms with Gasteiger partial charge in [0.1, 0.15) is 12.4 Å². The van der Waals surface area contributed by atoms with Gasteiger partial charge in [-0.15, -0.1) is 0 Å². The van der Waals surface area contributed by atoms with Gasteiger partial charge in [-0.2, -0.15) is 5.10 Å². The zero-order valence-electron chi connectivity index (χ0n) is 18.2. The maximum absolute atomic E-state index is 14.1. The van der Waals surface area contributed by atoms with Crippen LogP contribution in [0.5, 0.6) is 5.75 Å². The maximum Gasteiger partial charge on any atom is 0.407 e. The Morgan fingerprint density at radius 1 is 1.18 bits per heavy atom. The van der Waals surface area contributed by atoms with Crippen molar-refractivity contribution in [2.45, 2.75) is 25.8 Å². The summed E-state index contributed by atoms with van der Waals surface area (Å²) < 4.78 is 35.5. The van der Waals surface area contributed by atoms with E-state index in [0.717, 1.165) is 35.3 Å². The van der Waals surface area contributed by atoms with Crippen LogP contribution in [0.2, 0.25) is 0 Å². The number of fused-ring (bicyclic) bond motifs is 2. The van der Waals surface area contributed by atoms with Gasteiger partial charge < -0.3 is 19.6 Å². The molecule has 33 heavy (non-hydrogen) atoms. The molecule has 2 aliphatic rings. The van der Waals surface area contributed by atoms with Crippen LogP contribution in [0.4, 0.5) is 25.0 Å². The highest BCUT2D eigenvalue weighted by Gasteiger charge is 2.26. The highest BCUT2D eigenvalue weighted by atomic mass is 19.3. The highest BCUT2D eigenvalue weighted by Crippen LogP contribution is 2.42. The largest absolute Gasteiger partial charge is 0.491 e. The summed E-state index contributed by atoms with van der Waals surface area (Å²) in [7, 11) is 1.76. The number of amides is 1. The topological polar surface area (TPSA) is 70.8 Å². The Balaban J connectivity index is 1.56. The Labute approximate surface area is 189 Å². The minimum Gasteiger partial charge on any atom is -0.491 e. The molecule has 0 spiro atoms. The molecule has 0 bridgehead atoms. The average Bonchev–Trinajstić information content (AvgIpc) is 3.11. The third kappa shape index (κ3) is 3.99. The number of carbonyl (C=O) groups is 1. The summed E-state index contributed by atoms with van der Waals surface area (Å²) in [6.07, 6.45) is 1.40. The standard InChI is InChI=1S/C24H24F2N4O3/c1-28-13-17(12-27-28)19-10-15-3-2-6-30(21(15)11-20(19)23(25)26)18-4-5-22-16(9-18)14-29(24(31)32)7-8-33-22/h4-5,9-13,23H,2-3,6-8,14H2,1H3,(H,31,32). The number of alkyl halides is 2. The van der Waals surface area contributed by atoms with E-state index < -0.39 is 12.5 Å². The molecule has 2 aliphatic heterocycles. The van der Waals surface area contributed by atoms with Crippen molar-refractivity contribution in [1.29, 1.82) is 0 Å². The molecule has 0 unspecified atom stereocenters. The smallest absolute Gasteiger partial charge is 0.407 e. The zero-order chi connectivity index (χ0) is 23.1. The predicted octanol–water partition coefficient (Wildman–Crippen LogP) is 4.98. The van der Waals surface area contributed by atoms with E-state index in [4.69, 9.17) is 4.74 Å². The number of anilines is 2. The first kappa shape index (κ1) is 21.2. The molecule has 1 N–H and O–H groups in total. The fourth-order valence-electron chi connectivity index (χ4n) is 4.62. The molecule has 0 fully saturated rings. The first-order chi connectivity index (χ1) is 15.9. The van der Waals surface area contributed by atoms with Crippen LogP contribution in [0.25, 0.3) is 11.1 Å². The lowest BCUT2D eigenvalue weighted by molar-refractivity contribution is 0.138. The van der Waals surface area contributed by atoms with E-state index in [-0.39, 0.29) is 12.1 Å². The van der Waals surface area contributed by atoms with Crippen LogP contribution < -0.4 is 9.64 Å². The second kappa shape index (κ2) is 8.38. The first-order valence-electron chi connectivity index (χ1n) is 10.9. The van der Waals surface area contributed by atoms with Crippen molar-refractivity contribution in [1.82, 2.24) is 14.7 Å². The number of aryl methyl sites for hydroxylation is 2. The lowest BCUT2D eigenvalue weighted by atomic mass is 9.92. The summed E-state index contributed by atoms with van der Waals surface area (Å²) in [5.41, 5.74) is 4.51. The van der Waals surface area contributed by atoms with Gasteiger partial charge in [0.25, 0.3) is 6.43 Å². The molecular weight excluding hydrogens is 430 g/mol. The van der Waals surface area contributed by atoms with Crippen molar-refractivity contribution in [2.75, 3.05) is 24.6 Å². The van der Waals surface area contributed by atoms with Gasteiger partial charge in [0.2, 0.25) is 0 Å². The number of halogens is 2. The number of aromatic nitrogens is 2. The summed E-state index contributed by atoms with van der Waals surface area (Å²) in [5, 5.41) is 13.6. The maximum atomic E-state index is 14.1. The Hall–Kier alpha value is -3.62. The molecule has 0 saturated carbocycles. The monoisotopic (exact) mass is 454 g/mol. The quantitative estimate of drug-likeness (QED) is 0.604. The molecule has 1 aromatic heterocycles. The minimum absolute atomic E-state index is 0.0243. The number of hydrogen-bond donors (Lipinski definition) is 1. The normalized spacial score (nSPS) is 15.6. The second-order valence-corrected chi connectivity index (χ2v) is 8.37. The zero-order valence-corrected chi connectivity index (χ0v) is 18.2. The minimum atomic E-state index is -2.63. The second-order valence-electron chi connectivity index (χ2n) is 8.37. The molecule has 7 nitrogen and oxygen atoms in total. The SMILES string of the molecule is Cn1cc(-c2cc3c(cc2C(F)F)N(c2ccc4c(c2)CN(C(=O)O)CCO4)CCC3)cn1. The van der Waals surface area contributed by atoms with E-state index in [1.165, 1.54) is 4.90 Å². The van der Waals surface area contributed by atoms with Crippen molar-refractivity contribution < 1.29 is 23.4 Å². The predicted molar refractivity (Wildman–Crippen MR) is 119 cm³/mol. The molecule has 0 saturated heterocycles. The fourth-order valence-corrected chi connectivity index (χ4v) is 4.62. The molecule has 2 aromatic carbocycles. The van der Waals surface area contributed by atoms with Crippen LogP contribution in [-0.4, -0.2) is 45.6 Å². The Morgan fingerprint density at radius 2 is 2.03 bits per heavy atom. The van der Waals surface area contributed by atoms with Gasteiger partial charge in [0.15, 0.2) is 0 Å². The molecule has 9 heteroatoms. The van der Waals surface area contributed by atoms with Gasteiger partial charge in [-0.3, -0.25) is 4.68 Å². The number of benzene rings is 2. The van der Waals surface area contributed by atoms with Gasteiger partial charge in [-0.05, 0) is 54.3 Å². The third-order valence-electron chi connectivity index (χ3n) is 6.23. The van der Waals surface area contributed by atoms with Crippen molar-refractivity contribution in [3.8, 4) is 16.9 Å². The molecule has 1 amide bonds. The van der Waals surface area contributed by atoms with Gasteiger partial charge in [-0.1, -0.05) is 0 Å². The fraction of sp³-hybridized carbons (Fsp3) is 0.333. The van der Waals surface area contributed by atoms with Gasteiger partial charge >= 0.3 is 6.09 Å². The van der Waals surface area contributed by atoms with E-state index in [2.05, 4.69) is 5.10 Å². The van der Waals surface area contributed by atoms with Crippen LogP contribution in [0.15, 0.2) is 42.7 Å². The van der Waals surface area contributed by atoms with Crippen molar-refractivity contribution >= 4 is 17.5 Å². The molecular formula is C24H24F2N4O3. The molecule has 3 heterocycles. The van der Waals surface area contributed by atoms with E-state index in [9.17, 15) is 18.7 Å². The Morgan fingerprint density at radius 3 is 2.76 bits per heavy atom. The average molecular weight is 454 g/mol. The summed E-state index contributed by atoms with van der Waals surface area (Å²) in [4.78, 5) is 14.9. The van der Waals surface area contributed by atoms with Gasteiger partial charge in [0.05, 0.1) is 19.3 Å². The Kier molecular flexibility index (Phi) is 5.39. The van der Waals surface area contributed by atoms with Crippen molar-refractivity contribution in [3.05, 3.63) is 59.4 Å². The van der Waals surface area contributed by atoms with Crippen LogP contribution in [-0.2, 0) is 20.0 Å². The number of rotatable bonds is 3. The van der Waals surface area contributed by atoms with E-state index in [1.54, 1.807) is 30.2 Å². The van der Waals surface area contributed by atoms with Crippen LogP contribution in [0, 0.1) is 0 Å². The van der Waals surface area contributed by atoms with Crippen molar-refractivity contribution in [3.63, 3.8) is 0 Å². The van der Waals surface area contributed by atoms with E-state index in [1.807, 2.05) is 29.2 Å².